The maximum absolute atomic E-state index is 12.2. The molecule has 0 fully saturated rings. The van der Waals surface area contributed by atoms with Crippen molar-refractivity contribution in [1.82, 2.24) is 9.97 Å². The second-order valence-electron chi connectivity index (χ2n) is 5.93. The minimum Gasteiger partial charge on any atom is -0.462 e. The van der Waals surface area contributed by atoms with E-state index in [4.69, 9.17) is 10.00 Å². The molecule has 3 rings (SSSR count). The minimum absolute atomic E-state index is 0.301. The molecule has 1 heterocycles. The molecular weight excluding hydrogens is 354 g/mol. The van der Waals surface area contributed by atoms with Crippen molar-refractivity contribution in [3.8, 4) is 6.07 Å². The van der Waals surface area contributed by atoms with Crippen molar-refractivity contribution in [2.75, 3.05) is 17.2 Å². The SMILES string of the molecule is CCOC(=O)c1ccccc1Nc1cc(C)nc(Nc2cccc(C#N)c2)n1. The first-order chi connectivity index (χ1) is 13.6. The average Bonchev–Trinajstić information content (AvgIpc) is 2.68. The molecule has 7 heteroatoms. The van der Waals surface area contributed by atoms with Gasteiger partial charge < -0.3 is 15.4 Å². The molecule has 2 N–H and O–H groups in total. The van der Waals surface area contributed by atoms with Crippen LogP contribution in [0.25, 0.3) is 0 Å². The summed E-state index contributed by atoms with van der Waals surface area (Å²) < 4.78 is 5.10. The van der Waals surface area contributed by atoms with Crippen LogP contribution in [0.2, 0.25) is 0 Å². The Morgan fingerprint density at radius 2 is 1.93 bits per heavy atom. The molecule has 0 saturated heterocycles. The number of nitriles is 1. The zero-order valence-corrected chi connectivity index (χ0v) is 15.6. The molecule has 2 aromatic carbocycles. The number of anilines is 4. The maximum Gasteiger partial charge on any atom is 0.340 e. The van der Waals surface area contributed by atoms with Crippen molar-refractivity contribution >= 4 is 29.1 Å². The first-order valence-corrected chi connectivity index (χ1v) is 8.75. The van der Waals surface area contributed by atoms with Crippen molar-refractivity contribution in [2.45, 2.75) is 13.8 Å². The molecule has 0 amide bonds. The molecule has 0 aliphatic carbocycles. The average molecular weight is 373 g/mol. The van der Waals surface area contributed by atoms with Crippen LogP contribution in [-0.2, 0) is 4.74 Å². The Bertz CT molecular complexity index is 1040. The van der Waals surface area contributed by atoms with E-state index in [1.165, 1.54) is 0 Å². The number of hydrogen-bond acceptors (Lipinski definition) is 7. The first-order valence-electron chi connectivity index (χ1n) is 8.75. The van der Waals surface area contributed by atoms with Gasteiger partial charge >= 0.3 is 5.97 Å². The van der Waals surface area contributed by atoms with Gasteiger partial charge in [0.1, 0.15) is 5.82 Å². The molecule has 0 aliphatic rings. The monoisotopic (exact) mass is 373 g/mol. The number of rotatable bonds is 6. The quantitative estimate of drug-likeness (QED) is 0.621. The van der Waals surface area contributed by atoms with Gasteiger partial charge in [-0.3, -0.25) is 0 Å². The number of aryl methyl sites for hydroxylation is 1. The molecule has 0 aliphatic heterocycles. The zero-order chi connectivity index (χ0) is 19.9. The normalized spacial score (nSPS) is 10.0. The topological polar surface area (TPSA) is 99.9 Å². The molecule has 1 aromatic heterocycles. The summed E-state index contributed by atoms with van der Waals surface area (Å²) in [5.74, 6) is 0.512. The smallest absolute Gasteiger partial charge is 0.340 e. The molecule has 0 unspecified atom stereocenters. The Kier molecular flexibility index (Phi) is 5.82. The summed E-state index contributed by atoms with van der Waals surface area (Å²) in [6.45, 7) is 3.91. The van der Waals surface area contributed by atoms with Crippen LogP contribution in [0.15, 0.2) is 54.6 Å². The Morgan fingerprint density at radius 3 is 2.71 bits per heavy atom. The molecule has 0 radical (unpaired) electrons. The van der Waals surface area contributed by atoms with Crippen LogP contribution in [0.4, 0.5) is 23.1 Å². The van der Waals surface area contributed by atoms with E-state index >= 15 is 0 Å². The minimum atomic E-state index is -0.400. The summed E-state index contributed by atoms with van der Waals surface area (Å²) in [7, 11) is 0. The Hall–Kier alpha value is -3.92. The number of para-hydroxylation sites is 1. The number of carbonyl (C=O) groups excluding carboxylic acids is 1. The third-order valence-electron chi connectivity index (χ3n) is 3.79. The fourth-order valence-corrected chi connectivity index (χ4v) is 2.60. The van der Waals surface area contributed by atoms with Gasteiger partial charge in [0, 0.05) is 17.4 Å². The zero-order valence-electron chi connectivity index (χ0n) is 15.6. The van der Waals surface area contributed by atoms with Crippen molar-refractivity contribution in [3.05, 3.63) is 71.4 Å². The number of benzene rings is 2. The lowest BCUT2D eigenvalue weighted by Gasteiger charge is -2.12. The third-order valence-corrected chi connectivity index (χ3v) is 3.79. The molecule has 0 atom stereocenters. The molecular formula is C21H19N5O2. The van der Waals surface area contributed by atoms with Crippen molar-refractivity contribution < 1.29 is 9.53 Å². The highest BCUT2D eigenvalue weighted by Gasteiger charge is 2.13. The Morgan fingerprint density at radius 1 is 1.11 bits per heavy atom. The number of carbonyl (C=O) groups is 1. The van der Waals surface area contributed by atoms with E-state index in [-0.39, 0.29) is 0 Å². The van der Waals surface area contributed by atoms with Gasteiger partial charge in [0.15, 0.2) is 0 Å². The third kappa shape index (κ3) is 4.62. The van der Waals surface area contributed by atoms with Crippen LogP contribution in [0.5, 0.6) is 0 Å². The van der Waals surface area contributed by atoms with Crippen LogP contribution in [0.3, 0.4) is 0 Å². The van der Waals surface area contributed by atoms with Crippen LogP contribution >= 0.6 is 0 Å². The fraction of sp³-hybridized carbons (Fsp3) is 0.143. The van der Waals surface area contributed by atoms with Crippen LogP contribution in [-0.4, -0.2) is 22.5 Å². The van der Waals surface area contributed by atoms with Crippen molar-refractivity contribution in [3.63, 3.8) is 0 Å². The highest BCUT2D eigenvalue weighted by molar-refractivity contribution is 5.96. The van der Waals surface area contributed by atoms with Gasteiger partial charge in [-0.15, -0.1) is 0 Å². The van der Waals surface area contributed by atoms with Gasteiger partial charge in [0.2, 0.25) is 5.95 Å². The molecule has 7 nitrogen and oxygen atoms in total. The number of ether oxygens (including phenoxy) is 1. The number of aromatic nitrogens is 2. The van der Waals surface area contributed by atoms with Gasteiger partial charge in [0.05, 0.1) is 29.5 Å². The fourth-order valence-electron chi connectivity index (χ4n) is 2.60. The number of nitrogens with one attached hydrogen (secondary N) is 2. The summed E-state index contributed by atoms with van der Waals surface area (Å²) in [5.41, 5.74) is 3.01. The predicted octanol–water partition coefficient (Wildman–Crippen LogP) is 4.32. The summed E-state index contributed by atoms with van der Waals surface area (Å²) in [6, 6.07) is 18.0. The standard InChI is InChI=1S/C21H19N5O2/c1-3-28-20(27)17-9-4-5-10-18(17)25-19-11-14(2)23-21(26-19)24-16-8-6-7-15(12-16)13-22/h4-12H,3H2,1-2H3,(H2,23,24,25,26). The number of nitrogens with zero attached hydrogens (tertiary/aromatic N) is 3. The van der Waals surface area contributed by atoms with Crippen LogP contribution < -0.4 is 10.6 Å². The lowest BCUT2D eigenvalue weighted by atomic mass is 10.2. The van der Waals surface area contributed by atoms with Gasteiger partial charge in [0.25, 0.3) is 0 Å². The number of hydrogen-bond donors (Lipinski definition) is 2. The van der Waals surface area contributed by atoms with E-state index in [0.29, 0.717) is 40.9 Å². The van der Waals surface area contributed by atoms with Gasteiger partial charge in [-0.25, -0.2) is 9.78 Å². The first kappa shape index (κ1) is 18.9. The van der Waals surface area contributed by atoms with Crippen LogP contribution in [0, 0.1) is 18.3 Å². The van der Waals surface area contributed by atoms with E-state index in [9.17, 15) is 4.79 Å². The summed E-state index contributed by atoms with van der Waals surface area (Å²) in [4.78, 5) is 21.0. The second-order valence-corrected chi connectivity index (χ2v) is 5.93. The van der Waals surface area contributed by atoms with E-state index < -0.39 is 5.97 Å². The lowest BCUT2D eigenvalue weighted by Crippen LogP contribution is -2.09. The molecule has 3 aromatic rings. The van der Waals surface area contributed by atoms with Crippen LogP contribution in [0.1, 0.15) is 28.5 Å². The second kappa shape index (κ2) is 8.64. The van der Waals surface area contributed by atoms with E-state index in [1.54, 1.807) is 49.4 Å². The van der Waals surface area contributed by atoms with E-state index in [1.807, 2.05) is 19.1 Å². The lowest BCUT2D eigenvalue weighted by molar-refractivity contribution is 0.0527. The molecule has 140 valence electrons. The van der Waals surface area contributed by atoms with E-state index in [0.717, 1.165) is 5.69 Å². The van der Waals surface area contributed by atoms with Gasteiger partial charge in [-0.05, 0) is 44.2 Å². The molecule has 0 spiro atoms. The highest BCUT2D eigenvalue weighted by Crippen LogP contribution is 2.23. The van der Waals surface area contributed by atoms with Gasteiger partial charge in [-0.2, -0.15) is 10.2 Å². The largest absolute Gasteiger partial charge is 0.462 e. The number of esters is 1. The summed E-state index contributed by atoms with van der Waals surface area (Å²) >= 11 is 0. The molecule has 28 heavy (non-hydrogen) atoms. The van der Waals surface area contributed by atoms with Crippen molar-refractivity contribution in [1.29, 1.82) is 5.26 Å². The maximum atomic E-state index is 12.2. The molecule has 0 bridgehead atoms. The van der Waals surface area contributed by atoms with Gasteiger partial charge in [-0.1, -0.05) is 18.2 Å². The summed E-state index contributed by atoms with van der Waals surface area (Å²) in [6.07, 6.45) is 0. The molecule has 0 saturated carbocycles. The highest BCUT2D eigenvalue weighted by atomic mass is 16.5. The Labute approximate surface area is 163 Å². The predicted molar refractivity (Wildman–Crippen MR) is 107 cm³/mol. The van der Waals surface area contributed by atoms with E-state index in [2.05, 4.69) is 26.7 Å². The van der Waals surface area contributed by atoms with Crippen molar-refractivity contribution in [2.24, 2.45) is 0 Å². The summed E-state index contributed by atoms with van der Waals surface area (Å²) in [5, 5.41) is 15.3. The Balaban J connectivity index is 1.87.